The number of benzene rings is 1. The highest BCUT2D eigenvalue weighted by atomic mass is 32.2. The number of thioether (sulfide) groups is 1. The smallest absolute Gasteiger partial charge is 0.305 e. The summed E-state index contributed by atoms with van der Waals surface area (Å²) in [5, 5.41) is 18.4. The van der Waals surface area contributed by atoms with Crippen LogP contribution in [0.25, 0.3) is 0 Å². The van der Waals surface area contributed by atoms with Gasteiger partial charge in [-0.25, -0.2) is 4.39 Å². The largest absolute Gasteiger partial charge is 0.490 e. The zero-order valence-corrected chi connectivity index (χ0v) is 15.1. The normalized spacial score (nSPS) is 18.5. The van der Waals surface area contributed by atoms with Crippen molar-refractivity contribution in [2.24, 2.45) is 10.2 Å². The monoisotopic (exact) mass is 381 g/mol. The molecule has 0 radical (unpaired) electrons. The molecule has 0 spiro atoms. The van der Waals surface area contributed by atoms with Crippen LogP contribution in [0.5, 0.6) is 5.75 Å². The van der Waals surface area contributed by atoms with Crippen LogP contribution in [-0.2, 0) is 9.59 Å². The Kier molecular flexibility index (Phi) is 7.58. The highest BCUT2D eigenvalue weighted by Gasteiger charge is 2.32. The van der Waals surface area contributed by atoms with Crippen LogP contribution < -0.4 is 10.1 Å². The van der Waals surface area contributed by atoms with Gasteiger partial charge in [0.1, 0.15) is 5.25 Å². The molecule has 1 atom stereocenters. The van der Waals surface area contributed by atoms with Gasteiger partial charge in [-0.15, -0.1) is 5.10 Å². The number of carbonyl (C=O) groups excluding carboxylic acids is 1. The number of amidine groups is 1. The summed E-state index contributed by atoms with van der Waals surface area (Å²) in [6.45, 7) is 2.52. The number of carbonyl (C=O) groups is 2. The minimum atomic E-state index is -1.06. The zero-order chi connectivity index (χ0) is 18.9. The van der Waals surface area contributed by atoms with E-state index in [9.17, 15) is 14.0 Å². The molecule has 0 saturated carbocycles. The second-order valence-electron chi connectivity index (χ2n) is 5.59. The lowest BCUT2D eigenvalue weighted by Gasteiger charge is -2.07. The average molecular weight is 381 g/mol. The first kappa shape index (κ1) is 19.9. The van der Waals surface area contributed by atoms with Gasteiger partial charge in [0.2, 0.25) is 5.91 Å². The van der Waals surface area contributed by atoms with E-state index < -0.39 is 22.9 Å². The Morgan fingerprint density at radius 3 is 3.00 bits per heavy atom. The minimum absolute atomic E-state index is 0.155. The third-order valence-corrected chi connectivity index (χ3v) is 4.52. The second-order valence-corrected chi connectivity index (χ2v) is 6.78. The number of nitrogens with one attached hydrogen (secondary N) is 1. The number of carboxylic acids is 1. The topological polar surface area (TPSA) is 100 Å². The lowest BCUT2D eigenvalue weighted by atomic mass is 10.2. The second kappa shape index (κ2) is 9.91. The molecule has 9 heteroatoms. The molecular weight excluding hydrogens is 361 g/mol. The molecule has 1 aliphatic rings. The summed E-state index contributed by atoms with van der Waals surface area (Å²) in [6, 6.07) is 4.35. The zero-order valence-electron chi connectivity index (χ0n) is 14.3. The van der Waals surface area contributed by atoms with Crippen LogP contribution in [0.3, 0.4) is 0 Å². The molecule has 26 heavy (non-hydrogen) atoms. The van der Waals surface area contributed by atoms with Gasteiger partial charge in [-0.1, -0.05) is 37.6 Å². The fraction of sp³-hybridized carbons (Fsp3) is 0.412. The number of nitrogens with zero attached hydrogens (tertiary/aromatic N) is 2. The number of hydrogen-bond acceptors (Lipinski definition) is 6. The van der Waals surface area contributed by atoms with Gasteiger partial charge in [-0.2, -0.15) is 5.10 Å². The molecule has 1 heterocycles. The molecule has 7 nitrogen and oxygen atoms in total. The Bertz CT molecular complexity index is 724. The summed E-state index contributed by atoms with van der Waals surface area (Å²) < 4.78 is 19.2. The summed E-state index contributed by atoms with van der Waals surface area (Å²) in [5.41, 5.74) is 0.595. The maximum atomic E-state index is 13.7. The van der Waals surface area contributed by atoms with E-state index >= 15 is 0 Å². The van der Waals surface area contributed by atoms with E-state index in [1.54, 1.807) is 0 Å². The molecule has 1 aliphatic heterocycles. The van der Waals surface area contributed by atoms with E-state index in [0.29, 0.717) is 12.2 Å². The molecule has 1 fully saturated rings. The van der Waals surface area contributed by atoms with Crippen molar-refractivity contribution in [3.05, 3.63) is 29.6 Å². The Labute approximate surface area is 154 Å². The summed E-state index contributed by atoms with van der Waals surface area (Å²) in [5.74, 6) is -1.75. The van der Waals surface area contributed by atoms with Crippen LogP contribution in [-0.4, -0.2) is 40.2 Å². The first-order valence-electron chi connectivity index (χ1n) is 8.22. The first-order valence-corrected chi connectivity index (χ1v) is 9.10. The van der Waals surface area contributed by atoms with Crippen molar-refractivity contribution in [1.29, 1.82) is 0 Å². The molecular formula is C17H20FN3O4S. The van der Waals surface area contributed by atoms with Crippen molar-refractivity contribution >= 4 is 35.0 Å². The van der Waals surface area contributed by atoms with Gasteiger partial charge in [0.15, 0.2) is 16.7 Å². The summed E-state index contributed by atoms with van der Waals surface area (Å²) in [4.78, 5) is 22.3. The highest BCUT2D eigenvalue weighted by Crippen LogP contribution is 2.22. The van der Waals surface area contributed by atoms with Crippen LogP contribution in [0.4, 0.5) is 4.39 Å². The Balaban J connectivity index is 1.95. The van der Waals surface area contributed by atoms with E-state index in [0.717, 1.165) is 31.0 Å². The average Bonchev–Trinajstić information content (AvgIpc) is 2.93. The first-order chi connectivity index (χ1) is 12.5. The number of carboxylic acid groups (broad SMARTS) is 1. The summed E-state index contributed by atoms with van der Waals surface area (Å²) in [6.07, 6.45) is 4.06. The van der Waals surface area contributed by atoms with E-state index in [1.165, 1.54) is 24.4 Å². The fourth-order valence-electron chi connectivity index (χ4n) is 2.14. The van der Waals surface area contributed by atoms with E-state index in [1.807, 2.05) is 0 Å². The van der Waals surface area contributed by atoms with Gasteiger partial charge in [0, 0.05) is 0 Å². The molecule has 1 aromatic carbocycles. The molecule has 140 valence electrons. The van der Waals surface area contributed by atoms with Crippen LogP contribution in [0, 0.1) is 5.82 Å². The molecule has 1 saturated heterocycles. The number of rotatable bonds is 9. The van der Waals surface area contributed by atoms with Crippen molar-refractivity contribution in [3.8, 4) is 5.75 Å². The van der Waals surface area contributed by atoms with Gasteiger partial charge in [-0.05, 0) is 24.1 Å². The third-order valence-electron chi connectivity index (χ3n) is 3.45. The van der Waals surface area contributed by atoms with Crippen molar-refractivity contribution in [2.45, 2.75) is 37.9 Å². The molecule has 2 rings (SSSR count). The Morgan fingerprint density at radius 2 is 2.27 bits per heavy atom. The van der Waals surface area contributed by atoms with Crippen molar-refractivity contribution in [3.63, 3.8) is 0 Å². The number of ether oxygens (including phenoxy) is 1. The standard InChI is InChI=1S/C17H20FN3O4S/c1-2-3-4-7-25-13-8-11(5-6-12(13)18)10-19-21-17-20-16(24)14(26-17)9-15(22)23/h5-6,8,10,14H,2-4,7,9H2,1H3,(H,22,23)(H,20,21,24). The predicted octanol–water partition coefficient (Wildman–Crippen LogP) is 2.79. The van der Waals surface area contributed by atoms with E-state index in [4.69, 9.17) is 9.84 Å². The molecule has 0 aromatic heterocycles. The number of amides is 1. The highest BCUT2D eigenvalue weighted by molar-refractivity contribution is 8.15. The maximum Gasteiger partial charge on any atom is 0.305 e. The number of aliphatic carboxylic acids is 1. The summed E-state index contributed by atoms with van der Waals surface area (Å²) in [7, 11) is 0. The number of unbranched alkanes of at least 4 members (excludes halogenated alkanes) is 2. The van der Waals surface area contributed by atoms with Crippen LogP contribution >= 0.6 is 11.8 Å². The van der Waals surface area contributed by atoms with Crippen molar-refractivity contribution in [2.75, 3.05) is 6.61 Å². The molecule has 0 aliphatic carbocycles. The molecule has 1 aromatic rings. The lowest BCUT2D eigenvalue weighted by Crippen LogP contribution is -2.26. The predicted molar refractivity (Wildman–Crippen MR) is 98.2 cm³/mol. The Hall–Kier alpha value is -2.42. The van der Waals surface area contributed by atoms with E-state index in [-0.39, 0.29) is 17.3 Å². The minimum Gasteiger partial charge on any atom is -0.490 e. The van der Waals surface area contributed by atoms with Crippen molar-refractivity contribution in [1.82, 2.24) is 5.32 Å². The van der Waals surface area contributed by atoms with Gasteiger partial charge < -0.3 is 15.2 Å². The number of hydrogen-bond donors (Lipinski definition) is 2. The van der Waals surface area contributed by atoms with Crippen LogP contribution in [0.15, 0.2) is 28.4 Å². The molecule has 2 N–H and O–H groups in total. The Morgan fingerprint density at radius 1 is 1.46 bits per heavy atom. The summed E-state index contributed by atoms with van der Waals surface area (Å²) >= 11 is 1.01. The van der Waals surface area contributed by atoms with Crippen LogP contribution in [0.1, 0.15) is 38.2 Å². The third kappa shape index (κ3) is 6.14. The van der Waals surface area contributed by atoms with Gasteiger partial charge >= 0.3 is 5.97 Å². The lowest BCUT2D eigenvalue weighted by molar-refractivity contribution is -0.138. The quantitative estimate of drug-likeness (QED) is 0.389. The van der Waals surface area contributed by atoms with Gasteiger partial charge in [0.05, 0.1) is 19.2 Å². The number of halogens is 1. The fourth-order valence-corrected chi connectivity index (χ4v) is 3.05. The van der Waals surface area contributed by atoms with Crippen molar-refractivity contribution < 1.29 is 23.8 Å². The van der Waals surface area contributed by atoms with Crippen LogP contribution in [0.2, 0.25) is 0 Å². The SMILES string of the molecule is CCCCCOc1cc(C=NN=C2NC(=O)C(CC(=O)O)S2)ccc1F. The maximum absolute atomic E-state index is 13.7. The van der Waals surface area contributed by atoms with Gasteiger partial charge in [0.25, 0.3) is 0 Å². The van der Waals surface area contributed by atoms with Gasteiger partial charge in [-0.3, -0.25) is 9.59 Å². The molecule has 1 amide bonds. The molecule has 0 bridgehead atoms. The van der Waals surface area contributed by atoms with E-state index in [2.05, 4.69) is 22.4 Å². The molecule has 1 unspecified atom stereocenters.